The molecule has 2 heterocycles. The van der Waals surface area contributed by atoms with E-state index in [-0.39, 0.29) is 11.9 Å². The highest BCUT2D eigenvalue weighted by atomic mass is 19.1. The Hall–Kier alpha value is -1.95. The summed E-state index contributed by atoms with van der Waals surface area (Å²) in [6.45, 7) is 3.95. The number of halogens is 1. The number of rotatable bonds is 2. The Balaban J connectivity index is 1.88. The lowest BCUT2D eigenvalue weighted by Crippen LogP contribution is -2.34. The fourth-order valence-electron chi connectivity index (χ4n) is 2.33. The predicted octanol–water partition coefficient (Wildman–Crippen LogP) is 1.46. The van der Waals surface area contributed by atoms with Crippen molar-refractivity contribution in [1.29, 1.82) is 0 Å². The second-order valence-electron chi connectivity index (χ2n) is 4.86. The zero-order valence-corrected chi connectivity index (χ0v) is 10.8. The summed E-state index contributed by atoms with van der Waals surface area (Å²) >= 11 is 0. The van der Waals surface area contributed by atoms with Crippen molar-refractivity contribution in [2.24, 2.45) is 5.73 Å². The van der Waals surface area contributed by atoms with Gasteiger partial charge in [-0.25, -0.2) is 4.39 Å². The van der Waals surface area contributed by atoms with E-state index in [1.165, 1.54) is 6.07 Å². The molecule has 6 heteroatoms. The minimum absolute atomic E-state index is 0.159. The largest absolute Gasteiger partial charge is 0.360 e. The van der Waals surface area contributed by atoms with Crippen LogP contribution < -0.4 is 10.6 Å². The number of aromatic nitrogens is 3. The molecule has 0 fully saturated rings. The zero-order valence-electron chi connectivity index (χ0n) is 10.8. The van der Waals surface area contributed by atoms with Gasteiger partial charge in [-0.1, -0.05) is 6.07 Å². The Labute approximate surface area is 110 Å². The lowest BCUT2D eigenvalue weighted by molar-refractivity contribution is 0.543. The van der Waals surface area contributed by atoms with E-state index in [4.69, 9.17) is 5.73 Å². The van der Waals surface area contributed by atoms with Crippen LogP contribution in [0.25, 0.3) is 0 Å². The van der Waals surface area contributed by atoms with Crippen LogP contribution in [0, 0.1) is 5.82 Å². The third-order valence-corrected chi connectivity index (χ3v) is 3.48. The van der Waals surface area contributed by atoms with E-state index in [0.29, 0.717) is 12.2 Å². The van der Waals surface area contributed by atoms with Crippen LogP contribution in [0.5, 0.6) is 0 Å². The van der Waals surface area contributed by atoms with Crippen LogP contribution in [-0.2, 0) is 13.1 Å². The fraction of sp³-hybridized carbons (Fsp3) is 0.385. The fourth-order valence-corrected chi connectivity index (χ4v) is 2.33. The molecule has 0 bridgehead atoms. The standard InChI is InChI=1S/C13H16FN5/c1-9(15)10-2-3-12(11(14)6-10)18-4-5-19-8-16-17-13(19)7-18/h2-3,6,8-9H,4-5,7,15H2,1H3. The Morgan fingerprint density at radius 2 is 2.21 bits per heavy atom. The maximum atomic E-state index is 14.2. The number of fused-ring (bicyclic) bond motifs is 1. The Morgan fingerprint density at radius 1 is 1.37 bits per heavy atom. The minimum Gasteiger partial charge on any atom is -0.360 e. The summed E-state index contributed by atoms with van der Waals surface area (Å²) in [5, 5.41) is 7.90. The summed E-state index contributed by atoms with van der Waals surface area (Å²) in [5.74, 6) is 0.629. The smallest absolute Gasteiger partial charge is 0.152 e. The van der Waals surface area contributed by atoms with Gasteiger partial charge >= 0.3 is 0 Å². The number of hydrogen-bond acceptors (Lipinski definition) is 4. The van der Waals surface area contributed by atoms with Gasteiger partial charge < -0.3 is 15.2 Å². The van der Waals surface area contributed by atoms with E-state index in [1.807, 2.05) is 22.5 Å². The topological polar surface area (TPSA) is 60.0 Å². The number of nitrogens with zero attached hydrogens (tertiary/aromatic N) is 4. The number of benzene rings is 1. The molecule has 1 aliphatic heterocycles. The van der Waals surface area contributed by atoms with Gasteiger partial charge in [-0.05, 0) is 24.6 Å². The molecule has 0 aliphatic carbocycles. The lowest BCUT2D eigenvalue weighted by Gasteiger charge is -2.29. The molecule has 3 rings (SSSR count). The Bertz CT molecular complexity index is 592. The summed E-state index contributed by atoms with van der Waals surface area (Å²) in [6, 6.07) is 5.02. The summed E-state index contributed by atoms with van der Waals surface area (Å²) < 4.78 is 16.1. The van der Waals surface area contributed by atoms with Gasteiger partial charge in [0.2, 0.25) is 0 Å². The Morgan fingerprint density at radius 3 is 2.95 bits per heavy atom. The van der Waals surface area contributed by atoms with Crippen LogP contribution in [0.15, 0.2) is 24.5 Å². The molecule has 1 atom stereocenters. The maximum Gasteiger partial charge on any atom is 0.152 e. The van der Waals surface area contributed by atoms with Gasteiger partial charge in [0.05, 0.1) is 12.2 Å². The van der Waals surface area contributed by atoms with Crippen LogP contribution in [0.3, 0.4) is 0 Å². The van der Waals surface area contributed by atoms with Gasteiger partial charge in [-0.2, -0.15) is 0 Å². The summed E-state index contributed by atoms with van der Waals surface area (Å²) in [6.07, 6.45) is 1.71. The van der Waals surface area contributed by atoms with Crippen LogP contribution in [-0.4, -0.2) is 21.3 Å². The van der Waals surface area contributed by atoms with Crippen molar-refractivity contribution in [2.75, 3.05) is 11.4 Å². The normalized spacial score (nSPS) is 16.3. The Kier molecular flexibility index (Phi) is 2.94. The van der Waals surface area contributed by atoms with Crippen molar-refractivity contribution in [3.8, 4) is 0 Å². The highest BCUT2D eigenvalue weighted by Gasteiger charge is 2.20. The molecular formula is C13H16FN5. The molecule has 1 aromatic carbocycles. The van der Waals surface area contributed by atoms with Crippen LogP contribution in [0.2, 0.25) is 0 Å². The quantitative estimate of drug-likeness (QED) is 0.889. The van der Waals surface area contributed by atoms with E-state index in [9.17, 15) is 4.39 Å². The molecule has 5 nitrogen and oxygen atoms in total. The number of anilines is 1. The molecule has 1 aliphatic rings. The van der Waals surface area contributed by atoms with Crippen LogP contribution in [0.4, 0.5) is 10.1 Å². The molecule has 2 N–H and O–H groups in total. The van der Waals surface area contributed by atoms with E-state index in [2.05, 4.69) is 10.2 Å². The van der Waals surface area contributed by atoms with Crippen molar-refractivity contribution < 1.29 is 4.39 Å². The van der Waals surface area contributed by atoms with Gasteiger partial charge in [0, 0.05) is 19.1 Å². The maximum absolute atomic E-state index is 14.2. The van der Waals surface area contributed by atoms with E-state index in [0.717, 1.165) is 24.5 Å². The highest BCUT2D eigenvalue weighted by Crippen LogP contribution is 2.25. The predicted molar refractivity (Wildman–Crippen MR) is 70.1 cm³/mol. The third-order valence-electron chi connectivity index (χ3n) is 3.48. The molecule has 0 spiro atoms. The van der Waals surface area contributed by atoms with E-state index in [1.54, 1.807) is 12.4 Å². The van der Waals surface area contributed by atoms with E-state index < -0.39 is 0 Å². The molecule has 19 heavy (non-hydrogen) atoms. The summed E-state index contributed by atoms with van der Waals surface area (Å²) in [7, 11) is 0. The number of nitrogens with two attached hydrogens (primary N) is 1. The average Bonchev–Trinajstić information content (AvgIpc) is 2.85. The van der Waals surface area contributed by atoms with Crippen molar-refractivity contribution in [1.82, 2.24) is 14.8 Å². The highest BCUT2D eigenvalue weighted by molar-refractivity contribution is 5.50. The minimum atomic E-state index is -0.234. The van der Waals surface area contributed by atoms with Gasteiger partial charge in [-0.15, -0.1) is 10.2 Å². The SMILES string of the molecule is CC(N)c1ccc(N2CCn3cnnc3C2)c(F)c1. The molecular weight excluding hydrogens is 245 g/mol. The lowest BCUT2D eigenvalue weighted by atomic mass is 10.1. The molecule has 0 saturated carbocycles. The zero-order chi connectivity index (χ0) is 13.4. The molecule has 2 aromatic rings. The number of hydrogen-bond donors (Lipinski definition) is 1. The van der Waals surface area contributed by atoms with Crippen molar-refractivity contribution in [3.63, 3.8) is 0 Å². The molecule has 0 saturated heterocycles. The molecule has 100 valence electrons. The van der Waals surface area contributed by atoms with Gasteiger partial charge in [0.25, 0.3) is 0 Å². The van der Waals surface area contributed by atoms with E-state index >= 15 is 0 Å². The first-order chi connectivity index (χ1) is 9.15. The molecule has 0 radical (unpaired) electrons. The third kappa shape index (κ3) is 2.19. The second-order valence-corrected chi connectivity index (χ2v) is 4.86. The first kappa shape index (κ1) is 12.1. The van der Waals surface area contributed by atoms with Crippen molar-refractivity contribution in [2.45, 2.75) is 26.1 Å². The van der Waals surface area contributed by atoms with Crippen molar-refractivity contribution in [3.05, 3.63) is 41.7 Å². The van der Waals surface area contributed by atoms with Gasteiger partial charge in [0.1, 0.15) is 12.1 Å². The van der Waals surface area contributed by atoms with Crippen molar-refractivity contribution >= 4 is 5.69 Å². The molecule has 1 unspecified atom stereocenters. The summed E-state index contributed by atoms with van der Waals surface area (Å²) in [5.41, 5.74) is 7.16. The summed E-state index contributed by atoms with van der Waals surface area (Å²) in [4.78, 5) is 1.98. The monoisotopic (exact) mass is 261 g/mol. The van der Waals surface area contributed by atoms with Gasteiger partial charge in [-0.3, -0.25) is 0 Å². The first-order valence-corrected chi connectivity index (χ1v) is 6.32. The van der Waals surface area contributed by atoms with Crippen LogP contribution >= 0.6 is 0 Å². The average molecular weight is 261 g/mol. The molecule has 1 aromatic heterocycles. The first-order valence-electron chi connectivity index (χ1n) is 6.32. The second kappa shape index (κ2) is 4.62. The van der Waals surface area contributed by atoms with Crippen LogP contribution in [0.1, 0.15) is 24.4 Å². The molecule has 0 amide bonds. The van der Waals surface area contributed by atoms with Gasteiger partial charge in [0.15, 0.2) is 5.82 Å².